The van der Waals surface area contributed by atoms with Crippen LogP contribution in [0.25, 0.3) is 5.57 Å². The van der Waals surface area contributed by atoms with Crippen molar-refractivity contribution in [2.24, 2.45) is 0 Å². The summed E-state index contributed by atoms with van der Waals surface area (Å²) in [6.07, 6.45) is 0. The maximum atomic E-state index is 13.3. The number of hydrogen-bond donors (Lipinski definition) is 0. The lowest BCUT2D eigenvalue weighted by molar-refractivity contribution is -0.119. The van der Waals surface area contributed by atoms with Crippen LogP contribution in [0.4, 0.5) is 5.69 Å². The van der Waals surface area contributed by atoms with Crippen molar-refractivity contribution in [2.75, 3.05) is 4.90 Å². The van der Waals surface area contributed by atoms with Gasteiger partial charge in [0.1, 0.15) is 0 Å². The summed E-state index contributed by atoms with van der Waals surface area (Å²) in [5.41, 5.74) is 1.32. The predicted octanol–water partition coefficient (Wildman–Crippen LogP) is 6.07. The van der Waals surface area contributed by atoms with Crippen LogP contribution in [0.3, 0.4) is 0 Å². The van der Waals surface area contributed by atoms with Gasteiger partial charge >= 0.3 is 0 Å². The molecule has 0 unspecified atom stereocenters. The lowest BCUT2D eigenvalue weighted by Crippen LogP contribution is -2.31. The van der Waals surface area contributed by atoms with Gasteiger partial charge in [0.15, 0.2) is 0 Å². The van der Waals surface area contributed by atoms with Crippen molar-refractivity contribution in [3.63, 3.8) is 0 Å². The normalized spacial score (nSPS) is 14.1. The highest BCUT2D eigenvalue weighted by atomic mass is 35.5. The van der Waals surface area contributed by atoms with Crippen LogP contribution in [0, 0.1) is 0 Å². The van der Waals surface area contributed by atoms with Crippen LogP contribution in [0.1, 0.15) is 5.56 Å². The van der Waals surface area contributed by atoms with E-state index in [-0.39, 0.29) is 15.7 Å². The van der Waals surface area contributed by atoms with Crippen LogP contribution >= 0.6 is 35.0 Å². The van der Waals surface area contributed by atoms with E-state index >= 15 is 0 Å². The van der Waals surface area contributed by atoms with Gasteiger partial charge in [0, 0.05) is 4.90 Å². The molecule has 0 bridgehead atoms. The van der Waals surface area contributed by atoms with E-state index in [0.29, 0.717) is 16.0 Å². The van der Waals surface area contributed by atoms with Crippen molar-refractivity contribution >= 4 is 58.0 Å². The minimum atomic E-state index is -0.418. The third-order valence-electron chi connectivity index (χ3n) is 4.24. The average molecular weight is 426 g/mol. The van der Waals surface area contributed by atoms with Crippen molar-refractivity contribution in [3.05, 3.63) is 99.4 Å². The Balaban J connectivity index is 1.85. The van der Waals surface area contributed by atoms with Crippen LogP contribution in [0.2, 0.25) is 10.0 Å². The molecule has 3 nitrogen and oxygen atoms in total. The molecule has 0 radical (unpaired) electrons. The van der Waals surface area contributed by atoms with E-state index in [1.807, 2.05) is 60.7 Å². The van der Waals surface area contributed by atoms with Gasteiger partial charge in [-0.2, -0.15) is 0 Å². The van der Waals surface area contributed by atoms with Gasteiger partial charge in [-0.1, -0.05) is 89.6 Å². The van der Waals surface area contributed by atoms with Gasteiger partial charge in [-0.3, -0.25) is 9.59 Å². The van der Waals surface area contributed by atoms with E-state index in [9.17, 15) is 9.59 Å². The highest BCUT2D eigenvalue weighted by Crippen LogP contribution is 2.43. The quantitative estimate of drug-likeness (QED) is 0.475. The van der Waals surface area contributed by atoms with Crippen LogP contribution < -0.4 is 4.90 Å². The van der Waals surface area contributed by atoms with E-state index in [2.05, 4.69) is 0 Å². The molecule has 3 aromatic rings. The smallest absolute Gasteiger partial charge is 0.268 e. The molecule has 138 valence electrons. The van der Waals surface area contributed by atoms with E-state index in [4.69, 9.17) is 23.2 Å². The van der Waals surface area contributed by atoms with Crippen LogP contribution in [0.5, 0.6) is 0 Å². The second-order valence-electron chi connectivity index (χ2n) is 6.00. The van der Waals surface area contributed by atoms with Gasteiger partial charge in [-0.05, 0) is 29.8 Å². The summed E-state index contributed by atoms with van der Waals surface area (Å²) in [7, 11) is 0. The molecule has 6 heteroatoms. The summed E-state index contributed by atoms with van der Waals surface area (Å²) >= 11 is 13.7. The number of hydrogen-bond acceptors (Lipinski definition) is 3. The maximum absolute atomic E-state index is 13.3. The molecule has 2 amide bonds. The Labute approximate surface area is 176 Å². The Kier molecular flexibility index (Phi) is 5.27. The monoisotopic (exact) mass is 425 g/mol. The molecule has 1 heterocycles. The SMILES string of the molecule is O=C1C(Sc2ccccc2)=C(c2ccccc2)C(=O)N1c1cccc(Cl)c1Cl. The molecule has 28 heavy (non-hydrogen) atoms. The molecule has 1 aliphatic rings. The highest BCUT2D eigenvalue weighted by molar-refractivity contribution is 8.04. The summed E-state index contributed by atoms with van der Waals surface area (Å²) < 4.78 is 0. The Bertz CT molecular complexity index is 1100. The molecular weight excluding hydrogens is 413 g/mol. The Hall–Kier alpha value is -2.53. The predicted molar refractivity (Wildman–Crippen MR) is 115 cm³/mol. The number of imide groups is 1. The molecule has 1 aliphatic heterocycles. The Morgan fingerprint density at radius 1 is 0.714 bits per heavy atom. The van der Waals surface area contributed by atoms with E-state index < -0.39 is 11.8 Å². The summed E-state index contributed by atoms with van der Waals surface area (Å²) in [5.74, 6) is -0.833. The molecule has 0 aromatic heterocycles. The molecule has 0 N–H and O–H groups in total. The minimum Gasteiger partial charge on any atom is -0.268 e. The number of amides is 2. The lowest BCUT2D eigenvalue weighted by Gasteiger charge is -2.17. The molecule has 0 saturated heterocycles. The number of carbonyl (C=O) groups excluding carboxylic acids is 2. The van der Waals surface area contributed by atoms with Gasteiger partial charge in [-0.15, -0.1) is 0 Å². The molecular formula is C22H13Cl2NO2S. The van der Waals surface area contributed by atoms with E-state index in [1.165, 1.54) is 11.8 Å². The van der Waals surface area contributed by atoms with Gasteiger partial charge in [-0.25, -0.2) is 4.90 Å². The average Bonchev–Trinajstić information content (AvgIpc) is 2.95. The first-order valence-corrected chi connectivity index (χ1v) is 10.0. The van der Waals surface area contributed by atoms with Crippen molar-refractivity contribution in [1.82, 2.24) is 0 Å². The standard InChI is InChI=1S/C22H13Cl2NO2S/c23-16-12-7-13-17(19(16)24)25-21(26)18(14-8-3-1-4-9-14)20(22(25)27)28-15-10-5-2-6-11-15/h1-13H. The fourth-order valence-corrected chi connectivity index (χ4v) is 4.35. The summed E-state index contributed by atoms with van der Waals surface area (Å²) in [4.78, 5) is 28.9. The van der Waals surface area contributed by atoms with Gasteiger partial charge < -0.3 is 0 Å². The lowest BCUT2D eigenvalue weighted by atomic mass is 10.1. The first-order valence-electron chi connectivity index (χ1n) is 8.43. The van der Waals surface area contributed by atoms with Crippen molar-refractivity contribution in [3.8, 4) is 0 Å². The number of benzene rings is 3. The second kappa shape index (κ2) is 7.84. The molecule has 0 spiro atoms. The van der Waals surface area contributed by atoms with Crippen molar-refractivity contribution < 1.29 is 9.59 Å². The Morgan fingerprint density at radius 2 is 1.36 bits per heavy atom. The fourth-order valence-electron chi connectivity index (χ4n) is 2.95. The number of thioether (sulfide) groups is 1. The van der Waals surface area contributed by atoms with Gasteiger partial charge in [0.05, 0.1) is 26.2 Å². The minimum absolute atomic E-state index is 0.171. The first-order chi connectivity index (χ1) is 13.6. The Morgan fingerprint density at radius 3 is 2.04 bits per heavy atom. The van der Waals surface area contributed by atoms with E-state index in [0.717, 1.165) is 9.80 Å². The molecule has 4 rings (SSSR count). The summed E-state index contributed by atoms with van der Waals surface area (Å²) in [5, 5.41) is 0.453. The topological polar surface area (TPSA) is 37.4 Å². The second-order valence-corrected chi connectivity index (χ2v) is 7.87. The third-order valence-corrected chi connectivity index (χ3v) is 6.14. The number of anilines is 1. The van der Waals surface area contributed by atoms with Crippen LogP contribution in [0.15, 0.2) is 88.7 Å². The van der Waals surface area contributed by atoms with Crippen molar-refractivity contribution in [1.29, 1.82) is 0 Å². The summed E-state index contributed by atoms with van der Waals surface area (Å²) in [6, 6.07) is 23.5. The fraction of sp³-hybridized carbons (Fsp3) is 0. The van der Waals surface area contributed by atoms with Crippen molar-refractivity contribution in [2.45, 2.75) is 4.90 Å². The molecule has 3 aromatic carbocycles. The first kappa shape index (κ1) is 18.8. The molecule has 0 atom stereocenters. The highest BCUT2D eigenvalue weighted by Gasteiger charge is 2.41. The molecule has 0 saturated carbocycles. The van der Waals surface area contributed by atoms with Gasteiger partial charge in [0.25, 0.3) is 11.8 Å². The zero-order valence-corrected chi connectivity index (χ0v) is 16.8. The maximum Gasteiger partial charge on any atom is 0.272 e. The zero-order valence-electron chi connectivity index (χ0n) is 14.4. The summed E-state index contributed by atoms with van der Waals surface area (Å²) in [6.45, 7) is 0. The number of halogens is 2. The largest absolute Gasteiger partial charge is 0.272 e. The van der Waals surface area contributed by atoms with Crippen LogP contribution in [-0.4, -0.2) is 11.8 Å². The molecule has 0 fully saturated rings. The van der Waals surface area contributed by atoms with Crippen LogP contribution in [-0.2, 0) is 9.59 Å². The molecule has 0 aliphatic carbocycles. The third kappa shape index (κ3) is 3.35. The number of carbonyl (C=O) groups is 2. The van der Waals surface area contributed by atoms with E-state index in [1.54, 1.807) is 18.2 Å². The van der Waals surface area contributed by atoms with Gasteiger partial charge in [0.2, 0.25) is 0 Å². The number of nitrogens with zero attached hydrogens (tertiary/aromatic N) is 1. The zero-order chi connectivity index (χ0) is 19.7. The number of rotatable bonds is 4.